The van der Waals surface area contributed by atoms with Crippen LogP contribution in [-0.2, 0) is 0 Å². The maximum absolute atomic E-state index is 4.43. The second-order valence-corrected chi connectivity index (χ2v) is 4.51. The van der Waals surface area contributed by atoms with Gasteiger partial charge < -0.3 is 0 Å². The van der Waals surface area contributed by atoms with Crippen molar-refractivity contribution in [3.63, 3.8) is 0 Å². The molecule has 3 rings (SSSR count). The molecule has 0 saturated carbocycles. The lowest BCUT2D eigenvalue weighted by atomic mass is 10.1. The Labute approximate surface area is 106 Å². The van der Waals surface area contributed by atoms with E-state index in [1.54, 1.807) is 6.20 Å². The summed E-state index contributed by atoms with van der Waals surface area (Å²) in [6, 6.07) is 6.08. The van der Waals surface area contributed by atoms with E-state index in [-0.39, 0.29) is 0 Å². The minimum Gasteiger partial charge on any atom is -0.285 e. The summed E-state index contributed by atoms with van der Waals surface area (Å²) in [5.74, 6) is 0. The van der Waals surface area contributed by atoms with Gasteiger partial charge in [0.05, 0.1) is 17.4 Å². The maximum atomic E-state index is 4.43. The van der Waals surface area contributed by atoms with Crippen LogP contribution in [0.4, 0.5) is 0 Å². The Kier molecular flexibility index (Phi) is 2.40. The zero-order valence-corrected chi connectivity index (χ0v) is 10.7. The number of rotatable bonds is 1. The third-order valence-corrected chi connectivity index (χ3v) is 3.03. The fourth-order valence-electron chi connectivity index (χ4n) is 1.87. The molecule has 2 heterocycles. The van der Waals surface area contributed by atoms with Crippen LogP contribution in [-0.4, -0.2) is 20.2 Å². The Balaban J connectivity index is 2.42. The topological polar surface area (TPSA) is 54.5 Å². The Hall–Kier alpha value is -1.75. The first-order valence-corrected chi connectivity index (χ1v) is 5.97. The highest BCUT2D eigenvalue weighted by Crippen LogP contribution is 2.28. The van der Waals surface area contributed by atoms with Gasteiger partial charge >= 0.3 is 0 Å². The summed E-state index contributed by atoms with van der Waals surface area (Å²) in [6.45, 7) is 2.04. The molecule has 0 aliphatic carbocycles. The average Bonchev–Trinajstić information content (AvgIpc) is 2.83. The fraction of sp³-hybridized carbons (Fsp3) is 0.0833. The summed E-state index contributed by atoms with van der Waals surface area (Å²) in [6.07, 6.45) is 3.59. The van der Waals surface area contributed by atoms with Crippen LogP contribution < -0.4 is 0 Å². The van der Waals surface area contributed by atoms with Gasteiger partial charge in [0.1, 0.15) is 0 Å². The molecule has 0 aliphatic heterocycles. The Morgan fingerprint density at radius 3 is 2.88 bits per heavy atom. The van der Waals surface area contributed by atoms with Crippen molar-refractivity contribution in [2.75, 3.05) is 0 Å². The summed E-state index contributed by atoms with van der Waals surface area (Å²) in [5.41, 5.74) is 3.95. The number of nitrogens with one attached hydrogen (secondary N) is 1. The van der Waals surface area contributed by atoms with Crippen molar-refractivity contribution in [1.82, 2.24) is 20.2 Å². The molecule has 84 valence electrons. The molecule has 17 heavy (non-hydrogen) atoms. The Bertz CT molecular complexity index is 676. The monoisotopic (exact) mass is 288 g/mol. The molecule has 0 spiro atoms. The Morgan fingerprint density at radius 2 is 2.12 bits per heavy atom. The largest absolute Gasteiger partial charge is 0.285 e. The average molecular weight is 289 g/mol. The van der Waals surface area contributed by atoms with E-state index in [0.717, 1.165) is 27.7 Å². The molecule has 0 saturated heterocycles. The minimum atomic E-state index is 0.593. The fourth-order valence-corrected chi connectivity index (χ4v) is 2.22. The molecule has 3 aromatic rings. The van der Waals surface area contributed by atoms with E-state index in [1.165, 1.54) is 0 Å². The van der Waals surface area contributed by atoms with E-state index in [4.69, 9.17) is 0 Å². The summed E-state index contributed by atoms with van der Waals surface area (Å²) < 4.78 is 0.593. The van der Waals surface area contributed by atoms with Gasteiger partial charge in [0.2, 0.25) is 0 Å². The molecule has 0 unspecified atom stereocenters. The second kappa shape index (κ2) is 3.92. The number of aromatic nitrogens is 4. The third kappa shape index (κ3) is 1.72. The molecule has 1 aromatic carbocycles. The number of aromatic amines is 1. The van der Waals surface area contributed by atoms with Gasteiger partial charge in [0, 0.05) is 17.1 Å². The summed E-state index contributed by atoms with van der Waals surface area (Å²) in [7, 11) is 0. The number of hydrogen-bond acceptors (Lipinski definition) is 3. The summed E-state index contributed by atoms with van der Waals surface area (Å²) in [4.78, 5) is 8.85. The first-order valence-electron chi connectivity index (χ1n) is 5.18. The van der Waals surface area contributed by atoms with Gasteiger partial charge in [-0.15, -0.1) is 0 Å². The molecule has 5 heteroatoms. The molecular formula is C12H9BrN4. The normalized spacial score (nSPS) is 10.9. The van der Waals surface area contributed by atoms with Crippen molar-refractivity contribution in [3.8, 4) is 11.3 Å². The number of H-pyrrole nitrogens is 1. The van der Waals surface area contributed by atoms with Crippen molar-refractivity contribution >= 4 is 26.8 Å². The highest BCUT2D eigenvalue weighted by Gasteiger charge is 2.10. The first kappa shape index (κ1) is 10.4. The van der Waals surface area contributed by atoms with Gasteiger partial charge in [0.15, 0.2) is 4.73 Å². The predicted octanol–water partition coefficient (Wildman–Crippen LogP) is 3.09. The second-order valence-electron chi connectivity index (χ2n) is 3.80. The van der Waals surface area contributed by atoms with Crippen LogP contribution in [0.2, 0.25) is 0 Å². The standard InChI is InChI=1S/C12H9BrN4/c1-7-3-2-4-9-10(7)16-12(13)17-11(9)8-5-14-15-6-8/h2-6H,1H3,(H,14,15). The van der Waals surface area contributed by atoms with Gasteiger partial charge in [-0.3, -0.25) is 5.10 Å². The van der Waals surface area contributed by atoms with Gasteiger partial charge in [-0.2, -0.15) is 5.10 Å². The SMILES string of the molecule is Cc1cccc2c(-c3cn[nH]c3)nc(Br)nc12. The number of fused-ring (bicyclic) bond motifs is 1. The van der Waals surface area contributed by atoms with Crippen LogP contribution in [0.3, 0.4) is 0 Å². The van der Waals surface area contributed by atoms with Crippen molar-refractivity contribution in [3.05, 3.63) is 40.9 Å². The summed E-state index contributed by atoms with van der Waals surface area (Å²) in [5, 5.41) is 7.79. The van der Waals surface area contributed by atoms with E-state index in [9.17, 15) is 0 Å². The van der Waals surface area contributed by atoms with Crippen LogP contribution in [0.15, 0.2) is 35.3 Å². The van der Waals surface area contributed by atoms with Crippen LogP contribution in [0.1, 0.15) is 5.56 Å². The highest BCUT2D eigenvalue weighted by molar-refractivity contribution is 9.10. The number of hydrogen-bond donors (Lipinski definition) is 1. The molecule has 0 aliphatic rings. The van der Waals surface area contributed by atoms with E-state index in [2.05, 4.69) is 36.1 Å². The maximum Gasteiger partial charge on any atom is 0.197 e. The lowest BCUT2D eigenvalue weighted by Gasteiger charge is -2.06. The highest BCUT2D eigenvalue weighted by atomic mass is 79.9. The molecule has 4 nitrogen and oxygen atoms in total. The van der Waals surface area contributed by atoms with Gasteiger partial charge in [0.25, 0.3) is 0 Å². The van der Waals surface area contributed by atoms with Crippen LogP contribution in [0.25, 0.3) is 22.2 Å². The number of benzene rings is 1. The predicted molar refractivity (Wildman–Crippen MR) is 69.6 cm³/mol. The lowest BCUT2D eigenvalue weighted by molar-refractivity contribution is 1.09. The molecule has 0 amide bonds. The van der Waals surface area contributed by atoms with Crippen LogP contribution in [0.5, 0.6) is 0 Å². The zero-order valence-electron chi connectivity index (χ0n) is 9.11. The minimum absolute atomic E-state index is 0.593. The quantitative estimate of drug-likeness (QED) is 0.700. The summed E-state index contributed by atoms with van der Waals surface area (Å²) >= 11 is 3.35. The smallest absolute Gasteiger partial charge is 0.197 e. The van der Waals surface area contributed by atoms with E-state index in [1.807, 2.05) is 31.3 Å². The number of halogens is 1. The van der Waals surface area contributed by atoms with Crippen molar-refractivity contribution in [2.45, 2.75) is 6.92 Å². The molecule has 0 fully saturated rings. The van der Waals surface area contributed by atoms with E-state index < -0.39 is 0 Å². The lowest BCUT2D eigenvalue weighted by Crippen LogP contribution is -1.92. The molecule has 0 atom stereocenters. The van der Waals surface area contributed by atoms with Gasteiger partial charge in [-0.25, -0.2) is 9.97 Å². The van der Waals surface area contributed by atoms with E-state index >= 15 is 0 Å². The zero-order chi connectivity index (χ0) is 11.8. The van der Waals surface area contributed by atoms with Gasteiger partial charge in [-0.1, -0.05) is 18.2 Å². The Morgan fingerprint density at radius 1 is 1.24 bits per heavy atom. The molecule has 0 bridgehead atoms. The molecule has 0 radical (unpaired) electrons. The molecular weight excluding hydrogens is 280 g/mol. The van der Waals surface area contributed by atoms with Crippen LogP contribution in [0, 0.1) is 6.92 Å². The number of para-hydroxylation sites is 1. The number of nitrogens with zero attached hydrogens (tertiary/aromatic N) is 3. The number of aryl methyl sites for hydroxylation is 1. The van der Waals surface area contributed by atoms with E-state index in [0.29, 0.717) is 4.73 Å². The van der Waals surface area contributed by atoms with Crippen molar-refractivity contribution < 1.29 is 0 Å². The molecule has 2 aromatic heterocycles. The van der Waals surface area contributed by atoms with Crippen molar-refractivity contribution in [2.24, 2.45) is 0 Å². The molecule has 1 N–H and O–H groups in total. The third-order valence-electron chi connectivity index (χ3n) is 2.67. The van der Waals surface area contributed by atoms with Crippen molar-refractivity contribution in [1.29, 1.82) is 0 Å². The first-order chi connectivity index (χ1) is 8.25. The van der Waals surface area contributed by atoms with Crippen LogP contribution >= 0.6 is 15.9 Å². The van der Waals surface area contributed by atoms with Gasteiger partial charge in [-0.05, 0) is 28.4 Å².